The highest BCUT2D eigenvalue weighted by atomic mass is 16.3. The van der Waals surface area contributed by atoms with E-state index in [1.807, 2.05) is 41.8 Å². The number of para-hydroxylation sites is 1. The number of phenolic OH excluding ortho intramolecular Hbond substituents is 1. The van der Waals surface area contributed by atoms with E-state index in [1.54, 1.807) is 12.1 Å². The van der Waals surface area contributed by atoms with Gasteiger partial charge in [-0.15, -0.1) is 10.2 Å². The molecule has 0 unspecified atom stereocenters. The summed E-state index contributed by atoms with van der Waals surface area (Å²) >= 11 is 0. The lowest BCUT2D eigenvalue weighted by Crippen LogP contribution is -1.90. The van der Waals surface area contributed by atoms with Crippen LogP contribution in [0.1, 0.15) is 5.56 Å². The third-order valence-electron chi connectivity index (χ3n) is 2.77. The summed E-state index contributed by atoms with van der Waals surface area (Å²) in [5, 5.41) is 18.1. The third-order valence-corrected chi connectivity index (χ3v) is 2.77. The van der Waals surface area contributed by atoms with E-state index >= 15 is 0 Å². The Morgan fingerprint density at radius 1 is 1.06 bits per heavy atom. The Balaban J connectivity index is 2.33. The fraction of sp³-hybridized carbons (Fsp3) is 0.0769. The second-order valence-corrected chi connectivity index (χ2v) is 3.93. The van der Waals surface area contributed by atoms with Gasteiger partial charge < -0.3 is 5.11 Å². The molecule has 0 aliphatic heterocycles. The zero-order chi connectivity index (χ0) is 11.8. The zero-order valence-corrected chi connectivity index (χ0v) is 9.33. The number of aromatic hydroxyl groups is 1. The van der Waals surface area contributed by atoms with Gasteiger partial charge in [0.05, 0.1) is 5.56 Å². The fourth-order valence-corrected chi connectivity index (χ4v) is 1.90. The molecule has 0 aliphatic carbocycles. The van der Waals surface area contributed by atoms with E-state index in [9.17, 15) is 5.11 Å². The average Bonchev–Trinajstić information content (AvgIpc) is 2.75. The van der Waals surface area contributed by atoms with Crippen molar-refractivity contribution in [1.29, 1.82) is 0 Å². The van der Waals surface area contributed by atoms with Gasteiger partial charge in [-0.25, -0.2) is 0 Å². The molecule has 4 nitrogen and oxygen atoms in total. The van der Waals surface area contributed by atoms with Crippen molar-refractivity contribution in [3.8, 4) is 17.1 Å². The highest BCUT2D eigenvalue weighted by Crippen LogP contribution is 2.27. The molecule has 2 aromatic heterocycles. The minimum absolute atomic E-state index is 0.211. The van der Waals surface area contributed by atoms with Crippen LogP contribution in [0, 0.1) is 6.92 Å². The second-order valence-electron chi connectivity index (χ2n) is 3.93. The Morgan fingerprint density at radius 3 is 2.71 bits per heavy atom. The molecule has 1 N–H and O–H groups in total. The Hall–Kier alpha value is -2.36. The van der Waals surface area contributed by atoms with E-state index in [0.29, 0.717) is 11.4 Å². The number of hydrogen-bond donors (Lipinski definition) is 1. The third kappa shape index (κ3) is 1.45. The summed E-state index contributed by atoms with van der Waals surface area (Å²) in [6.07, 6.45) is 1.89. The Morgan fingerprint density at radius 2 is 1.88 bits per heavy atom. The zero-order valence-electron chi connectivity index (χ0n) is 9.33. The summed E-state index contributed by atoms with van der Waals surface area (Å²) in [7, 11) is 0. The first-order valence-corrected chi connectivity index (χ1v) is 5.36. The van der Waals surface area contributed by atoms with Crippen LogP contribution in [0.5, 0.6) is 5.75 Å². The second kappa shape index (κ2) is 3.59. The van der Waals surface area contributed by atoms with Gasteiger partial charge >= 0.3 is 0 Å². The van der Waals surface area contributed by atoms with Crippen LogP contribution in [0.15, 0.2) is 42.6 Å². The van der Waals surface area contributed by atoms with Crippen LogP contribution in [0.3, 0.4) is 0 Å². The van der Waals surface area contributed by atoms with Crippen molar-refractivity contribution in [3.63, 3.8) is 0 Å². The van der Waals surface area contributed by atoms with E-state index in [2.05, 4.69) is 10.2 Å². The standard InChI is InChI=1S/C13H11N3O/c1-9-5-4-8-16-12(9)14-15-13(16)10-6-2-3-7-11(10)17/h2-8,17H,1H3. The molecular formula is C13H11N3O. The number of aromatic nitrogens is 3. The molecule has 0 atom stereocenters. The molecular weight excluding hydrogens is 214 g/mol. The maximum atomic E-state index is 9.83. The summed E-state index contributed by atoms with van der Waals surface area (Å²) in [6, 6.07) is 11.0. The van der Waals surface area contributed by atoms with E-state index in [1.165, 1.54) is 0 Å². The summed E-state index contributed by atoms with van der Waals surface area (Å²) in [5.41, 5.74) is 2.55. The van der Waals surface area contributed by atoms with Gasteiger partial charge in [-0.1, -0.05) is 18.2 Å². The Bertz CT molecular complexity index is 688. The minimum Gasteiger partial charge on any atom is -0.507 e. The van der Waals surface area contributed by atoms with E-state index in [-0.39, 0.29) is 5.75 Å². The maximum Gasteiger partial charge on any atom is 0.172 e. The van der Waals surface area contributed by atoms with Crippen molar-refractivity contribution in [2.75, 3.05) is 0 Å². The summed E-state index contributed by atoms with van der Waals surface area (Å²) in [6.45, 7) is 1.98. The maximum absolute atomic E-state index is 9.83. The number of hydrogen-bond acceptors (Lipinski definition) is 3. The monoisotopic (exact) mass is 225 g/mol. The van der Waals surface area contributed by atoms with E-state index < -0.39 is 0 Å². The minimum atomic E-state index is 0.211. The average molecular weight is 225 g/mol. The SMILES string of the molecule is Cc1cccn2c(-c3ccccc3O)nnc12. The van der Waals surface area contributed by atoms with Gasteiger partial charge in [0, 0.05) is 6.20 Å². The highest BCUT2D eigenvalue weighted by molar-refractivity contribution is 5.66. The van der Waals surface area contributed by atoms with Crippen LogP contribution in [-0.4, -0.2) is 19.7 Å². The first-order valence-electron chi connectivity index (χ1n) is 5.36. The summed E-state index contributed by atoms with van der Waals surface area (Å²) < 4.78 is 1.88. The van der Waals surface area contributed by atoms with Crippen molar-refractivity contribution >= 4 is 5.65 Å². The Kier molecular flexibility index (Phi) is 2.08. The smallest absolute Gasteiger partial charge is 0.172 e. The number of benzene rings is 1. The summed E-state index contributed by atoms with van der Waals surface area (Å²) in [4.78, 5) is 0. The van der Waals surface area contributed by atoms with Gasteiger partial charge in [-0.2, -0.15) is 0 Å². The molecule has 0 spiro atoms. The molecule has 0 fully saturated rings. The van der Waals surface area contributed by atoms with Gasteiger partial charge in [0.25, 0.3) is 0 Å². The van der Waals surface area contributed by atoms with Crippen LogP contribution in [0.2, 0.25) is 0 Å². The molecule has 4 heteroatoms. The van der Waals surface area contributed by atoms with Gasteiger partial charge in [0.15, 0.2) is 11.5 Å². The molecule has 0 amide bonds. The Labute approximate surface area is 98.2 Å². The number of phenols is 1. The van der Waals surface area contributed by atoms with Crippen molar-refractivity contribution in [2.45, 2.75) is 6.92 Å². The number of rotatable bonds is 1. The number of pyridine rings is 1. The molecule has 0 aliphatic rings. The molecule has 2 heterocycles. The van der Waals surface area contributed by atoms with Crippen molar-refractivity contribution in [3.05, 3.63) is 48.2 Å². The first-order chi connectivity index (χ1) is 8.27. The van der Waals surface area contributed by atoms with E-state index in [4.69, 9.17) is 0 Å². The van der Waals surface area contributed by atoms with E-state index in [0.717, 1.165) is 11.2 Å². The lowest BCUT2D eigenvalue weighted by atomic mass is 10.2. The quantitative estimate of drug-likeness (QED) is 0.691. The van der Waals surface area contributed by atoms with Gasteiger partial charge in [-0.05, 0) is 30.7 Å². The van der Waals surface area contributed by atoms with Crippen molar-refractivity contribution in [1.82, 2.24) is 14.6 Å². The largest absolute Gasteiger partial charge is 0.507 e. The number of nitrogens with zero attached hydrogens (tertiary/aromatic N) is 3. The van der Waals surface area contributed by atoms with Crippen LogP contribution in [-0.2, 0) is 0 Å². The summed E-state index contributed by atoms with van der Waals surface area (Å²) in [5.74, 6) is 0.866. The molecule has 1 aromatic carbocycles. The molecule has 17 heavy (non-hydrogen) atoms. The van der Waals surface area contributed by atoms with Crippen LogP contribution >= 0.6 is 0 Å². The van der Waals surface area contributed by atoms with Crippen molar-refractivity contribution < 1.29 is 5.11 Å². The number of fused-ring (bicyclic) bond motifs is 1. The van der Waals surface area contributed by atoms with Crippen LogP contribution in [0.25, 0.3) is 17.0 Å². The number of aryl methyl sites for hydroxylation is 1. The molecule has 0 bridgehead atoms. The topological polar surface area (TPSA) is 50.4 Å². The van der Waals surface area contributed by atoms with Crippen LogP contribution < -0.4 is 0 Å². The predicted octanol–water partition coefficient (Wildman–Crippen LogP) is 2.41. The lowest BCUT2D eigenvalue weighted by molar-refractivity contribution is 0.477. The molecule has 3 rings (SSSR count). The van der Waals surface area contributed by atoms with Crippen molar-refractivity contribution in [2.24, 2.45) is 0 Å². The van der Waals surface area contributed by atoms with Gasteiger partial charge in [-0.3, -0.25) is 4.40 Å². The molecule has 0 saturated heterocycles. The molecule has 0 saturated carbocycles. The van der Waals surface area contributed by atoms with Crippen LogP contribution in [0.4, 0.5) is 0 Å². The normalized spacial score (nSPS) is 10.9. The fourth-order valence-electron chi connectivity index (χ4n) is 1.90. The highest BCUT2D eigenvalue weighted by Gasteiger charge is 2.11. The first kappa shape index (κ1) is 9.84. The van der Waals surface area contributed by atoms with Gasteiger partial charge in [0.2, 0.25) is 0 Å². The predicted molar refractivity (Wildman–Crippen MR) is 64.8 cm³/mol. The van der Waals surface area contributed by atoms with Gasteiger partial charge in [0.1, 0.15) is 5.75 Å². The molecule has 0 radical (unpaired) electrons. The molecule has 84 valence electrons. The molecule has 3 aromatic rings. The lowest BCUT2D eigenvalue weighted by Gasteiger charge is -2.02.